The Kier molecular flexibility index (Phi) is 6.00. The van der Waals surface area contributed by atoms with E-state index in [1.165, 1.54) is 6.21 Å². The molecule has 0 saturated carbocycles. The van der Waals surface area contributed by atoms with Crippen LogP contribution in [0.25, 0.3) is 0 Å². The lowest BCUT2D eigenvalue weighted by molar-refractivity contribution is 0.249. The topological polar surface area (TPSA) is 70.7 Å². The van der Waals surface area contributed by atoms with Crippen molar-refractivity contribution < 1.29 is 4.79 Å². The number of nitrogens with one attached hydrogen (secondary N) is 1. The van der Waals surface area contributed by atoms with Crippen molar-refractivity contribution >= 4 is 29.5 Å². The van der Waals surface area contributed by atoms with E-state index < -0.39 is 6.03 Å². The number of amides is 2. The molecule has 0 aliphatic heterocycles. The van der Waals surface area contributed by atoms with Crippen LogP contribution >= 0.6 is 11.6 Å². The van der Waals surface area contributed by atoms with Gasteiger partial charge < -0.3 is 10.6 Å². The normalized spacial score (nSPS) is 10.6. The minimum absolute atomic E-state index is 0.597. The number of rotatable bonds is 6. The maximum absolute atomic E-state index is 10.4. The summed E-state index contributed by atoms with van der Waals surface area (Å²) in [5, 5.41) is 3.69. The third-order valence-electron chi connectivity index (χ3n) is 2.38. The summed E-state index contributed by atoms with van der Waals surface area (Å²) in [4.78, 5) is 12.6. The maximum Gasteiger partial charge on any atom is 0.332 e. The minimum atomic E-state index is -0.679. The maximum atomic E-state index is 10.4. The molecule has 0 spiro atoms. The van der Waals surface area contributed by atoms with E-state index in [2.05, 4.69) is 22.4 Å². The SMILES string of the molecule is CCN(CCCl)c1ccc(C=NNC(N)=O)cc1. The smallest absolute Gasteiger partial charge is 0.332 e. The average Bonchev–Trinajstić information content (AvgIpc) is 2.36. The van der Waals surface area contributed by atoms with Crippen LogP contribution in [0.15, 0.2) is 29.4 Å². The molecule has 1 aromatic carbocycles. The minimum Gasteiger partial charge on any atom is -0.371 e. The number of urea groups is 1. The molecule has 0 aliphatic rings. The highest BCUT2D eigenvalue weighted by molar-refractivity contribution is 6.18. The van der Waals surface area contributed by atoms with Crippen LogP contribution in [0.2, 0.25) is 0 Å². The lowest BCUT2D eigenvalue weighted by atomic mass is 10.2. The molecule has 18 heavy (non-hydrogen) atoms. The van der Waals surface area contributed by atoms with E-state index >= 15 is 0 Å². The summed E-state index contributed by atoms with van der Waals surface area (Å²) in [6, 6.07) is 7.13. The van der Waals surface area contributed by atoms with Crippen molar-refractivity contribution in [3.63, 3.8) is 0 Å². The Hall–Kier alpha value is -1.75. The number of anilines is 1. The molecular weight excluding hydrogens is 252 g/mol. The first-order chi connectivity index (χ1) is 8.67. The van der Waals surface area contributed by atoms with Crippen molar-refractivity contribution in [3.8, 4) is 0 Å². The van der Waals surface area contributed by atoms with Gasteiger partial charge in [0.25, 0.3) is 0 Å². The molecule has 0 heterocycles. The number of hydrogen-bond acceptors (Lipinski definition) is 3. The molecule has 5 nitrogen and oxygen atoms in total. The molecule has 0 aliphatic carbocycles. The molecule has 0 aromatic heterocycles. The van der Waals surface area contributed by atoms with E-state index in [-0.39, 0.29) is 0 Å². The first-order valence-corrected chi connectivity index (χ1v) is 6.20. The number of nitrogens with two attached hydrogens (primary N) is 1. The van der Waals surface area contributed by atoms with Gasteiger partial charge in [-0.3, -0.25) is 0 Å². The van der Waals surface area contributed by atoms with Crippen molar-refractivity contribution in [2.75, 3.05) is 23.9 Å². The van der Waals surface area contributed by atoms with Crippen LogP contribution in [0.1, 0.15) is 12.5 Å². The van der Waals surface area contributed by atoms with Gasteiger partial charge in [-0.15, -0.1) is 11.6 Å². The Bertz CT molecular complexity index is 405. The quantitative estimate of drug-likeness (QED) is 0.469. The second kappa shape index (κ2) is 7.55. The fourth-order valence-electron chi connectivity index (χ4n) is 1.51. The summed E-state index contributed by atoms with van der Waals surface area (Å²) in [6.45, 7) is 3.80. The van der Waals surface area contributed by atoms with E-state index in [1.54, 1.807) is 0 Å². The Morgan fingerprint density at radius 3 is 2.67 bits per heavy atom. The van der Waals surface area contributed by atoms with Gasteiger partial charge in [0, 0.05) is 24.7 Å². The fourth-order valence-corrected chi connectivity index (χ4v) is 1.72. The second-order valence-electron chi connectivity index (χ2n) is 3.59. The van der Waals surface area contributed by atoms with E-state index in [0.29, 0.717) is 5.88 Å². The van der Waals surface area contributed by atoms with Gasteiger partial charge >= 0.3 is 6.03 Å². The monoisotopic (exact) mass is 268 g/mol. The van der Waals surface area contributed by atoms with E-state index in [1.807, 2.05) is 24.3 Å². The van der Waals surface area contributed by atoms with Crippen LogP contribution in [-0.2, 0) is 0 Å². The molecule has 0 radical (unpaired) electrons. The molecule has 98 valence electrons. The highest BCUT2D eigenvalue weighted by atomic mass is 35.5. The zero-order valence-electron chi connectivity index (χ0n) is 10.3. The van der Waals surface area contributed by atoms with Crippen LogP contribution < -0.4 is 16.1 Å². The molecule has 0 unspecified atom stereocenters. The van der Waals surface area contributed by atoms with Crippen LogP contribution in [0, 0.1) is 0 Å². The number of hydrogen-bond donors (Lipinski definition) is 2. The number of carbonyl (C=O) groups excluding carboxylic acids is 1. The van der Waals surface area contributed by atoms with Gasteiger partial charge in [0.15, 0.2) is 0 Å². The predicted octanol–water partition coefficient (Wildman–Crippen LogP) is 1.75. The number of primary amides is 1. The van der Waals surface area contributed by atoms with E-state index in [9.17, 15) is 4.79 Å². The summed E-state index contributed by atoms with van der Waals surface area (Å²) < 4.78 is 0. The van der Waals surface area contributed by atoms with E-state index in [0.717, 1.165) is 24.3 Å². The molecule has 1 rings (SSSR count). The molecule has 0 fully saturated rings. The van der Waals surface area contributed by atoms with Crippen molar-refractivity contribution in [1.82, 2.24) is 5.43 Å². The second-order valence-corrected chi connectivity index (χ2v) is 3.97. The summed E-state index contributed by atoms with van der Waals surface area (Å²) in [6.07, 6.45) is 1.53. The van der Waals surface area contributed by atoms with Crippen molar-refractivity contribution in [1.29, 1.82) is 0 Å². The van der Waals surface area contributed by atoms with E-state index in [4.69, 9.17) is 17.3 Å². The lowest BCUT2D eigenvalue weighted by Gasteiger charge is -2.21. The van der Waals surface area contributed by atoms with Gasteiger partial charge in [-0.2, -0.15) is 5.10 Å². The van der Waals surface area contributed by atoms with Gasteiger partial charge in [-0.05, 0) is 24.6 Å². The van der Waals surface area contributed by atoms with Crippen LogP contribution in [0.3, 0.4) is 0 Å². The fraction of sp³-hybridized carbons (Fsp3) is 0.333. The molecule has 2 amide bonds. The molecule has 0 saturated heterocycles. The first kappa shape index (κ1) is 14.3. The predicted molar refractivity (Wildman–Crippen MR) is 75.4 cm³/mol. The number of halogens is 1. The van der Waals surface area contributed by atoms with Gasteiger partial charge in [0.2, 0.25) is 0 Å². The largest absolute Gasteiger partial charge is 0.371 e. The molecule has 1 aromatic rings. The number of nitrogens with zero attached hydrogens (tertiary/aromatic N) is 2. The molecule has 6 heteroatoms. The van der Waals surface area contributed by atoms with Gasteiger partial charge in [-0.25, -0.2) is 10.2 Å². The van der Waals surface area contributed by atoms with Crippen LogP contribution in [-0.4, -0.2) is 31.2 Å². The van der Waals surface area contributed by atoms with Gasteiger partial charge in [-0.1, -0.05) is 12.1 Å². The molecule has 0 atom stereocenters. The van der Waals surface area contributed by atoms with Crippen molar-refractivity contribution in [3.05, 3.63) is 29.8 Å². The molecular formula is C12H17ClN4O. The van der Waals surface area contributed by atoms with Crippen molar-refractivity contribution in [2.45, 2.75) is 6.92 Å². The zero-order chi connectivity index (χ0) is 13.4. The zero-order valence-corrected chi connectivity index (χ0v) is 11.0. The number of carbonyl (C=O) groups is 1. The Labute approximate surface area is 112 Å². The standard InChI is InChI=1S/C12H17ClN4O/c1-2-17(8-7-13)11-5-3-10(4-6-11)9-15-16-12(14)18/h3-6,9H,2,7-8H2,1H3,(H3,14,16,18). The Balaban J connectivity index is 2.66. The summed E-state index contributed by atoms with van der Waals surface area (Å²) in [5.74, 6) is 0.597. The highest BCUT2D eigenvalue weighted by Crippen LogP contribution is 2.14. The number of alkyl halides is 1. The highest BCUT2D eigenvalue weighted by Gasteiger charge is 2.02. The third-order valence-corrected chi connectivity index (χ3v) is 2.55. The molecule has 0 bridgehead atoms. The lowest BCUT2D eigenvalue weighted by Crippen LogP contribution is -2.25. The first-order valence-electron chi connectivity index (χ1n) is 5.67. The average molecular weight is 269 g/mol. The molecule has 3 N–H and O–H groups in total. The number of hydrazone groups is 1. The summed E-state index contributed by atoms with van der Waals surface area (Å²) >= 11 is 5.74. The van der Waals surface area contributed by atoms with Crippen LogP contribution in [0.5, 0.6) is 0 Å². The summed E-state index contributed by atoms with van der Waals surface area (Å²) in [7, 11) is 0. The Morgan fingerprint density at radius 1 is 1.50 bits per heavy atom. The summed E-state index contributed by atoms with van der Waals surface area (Å²) in [5.41, 5.74) is 9.03. The third kappa shape index (κ3) is 4.63. The number of benzene rings is 1. The van der Waals surface area contributed by atoms with Gasteiger partial charge in [0.05, 0.1) is 6.21 Å². The van der Waals surface area contributed by atoms with Crippen molar-refractivity contribution in [2.24, 2.45) is 10.8 Å². The van der Waals surface area contributed by atoms with Crippen LogP contribution in [0.4, 0.5) is 10.5 Å². The van der Waals surface area contributed by atoms with Gasteiger partial charge in [0.1, 0.15) is 0 Å². The Morgan fingerprint density at radius 2 is 2.17 bits per heavy atom.